The zero-order valence-electron chi connectivity index (χ0n) is 14.6. The van der Waals surface area contributed by atoms with Crippen molar-refractivity contribution < 1.29 is 13.2 Å². The van der Waals surface area contributed by atoms with Crippen molar-refractivity contribution in [2.24, 2.45) is 4.40 Å². The first kappa shape index (κ1) is 19.8. The molecule has 0 bridgehead atoms. The summed E-state index contributed by atoms with van der Waals surface area (Å²) in [5.74, 6) is 0.227. The summed E-state index contributed by atoms with van der Waals surface area (Å²) in [5.41, 5.74) is 0.401. The van der Waals surface area contributed by atoms with Gasteiger partial charge >= 0.3 is 0 Å². The maximum absolute atomic E-state index is 12.5. The lowest BCUT2D eigenvalue weighted by Gasteiger charge is -2.11. The Balaban J connectivity index is 1.73. The van der Waals surface area contributed by atoms with Crippen LogP contribution in [0.4, 0.5) is 5.69 Å². The molecule has 0 spiro atoms. The summed E-state index contributed by atoms with van der Waals surface area (Å²) in [6, 6.07) is 9.91. The standard InChI is InChI=1S/C18H18BrN3O3S2/c1-22-11-3-6-17(22)21-27(24,25)15-5-2-4-13(12-15)20-18(23)10-8-14-7-9-16(19)26-14/h2,4-5,7-10,12H,3,6,11H2,1H3,(H,20,23). The van der Waals surface area contributed by atoms with Gasteiger partial charge in [0.25, 0.3) is 10.0 Å². The molecular weight excluding hydrogens is 450 g/mol. The number of halogens is 1. The van der Waals surface area contributed by atoms with Crippen molar-refractivity contribution in [2.45, 2.75) is 17.7 Å². The molecule has 1 N–H and O–H groups in total. The number of carbonyl (C=O) groups is 1. The molecule has 6 nitrogen and oxygen atoms in total. The highest BCUT2D eigenvalue weighted by Gasteiger charge is 2.20. The van der Waals surface area contributed by atoms with E-state index in [1.807, 2.05) is 24.1 Å². The van der Waals surface area contributed by atoms with Crippen LogP contribution in [0.25, 0.3) is 6.08 Å². The van der Waals surface area contributed by atoms with Crippen molar-refractivity contribution >= 4 is 60.8 Å². The van der Waals surface area contributed by atoms with Gasteiger partial charge in [-0.15, -0.1) is 15.7 Å². The smallest absolute Gasteiger partial charge is 0.284 e. The van der Waals surface area contributed by atoms with Gasteiger partial charge in [0, 0.05) is 36.7 Å². The summed E-state index contributed by atoms with van der Waals surface area (Å²) >= 11 is 4.88. The van der Waals surface area contributed by atoms with Gasteiger partial charge in [0.05, 0.1) is 8.68 Å². The van der Waals surface area contributed by atoms with E-state index in [1.165, 1.54) is 29.5 Å². The summed E-state index contributed by atoms with van der Waals surface area (Å²) in [5, 5.41) is 2.68. The summed E-state index contributed by atoms with van der Waals surface area (Å²) < 4.78 is 30.0. The van der Waals surface area contributed by atoms with Crippen LogP contribution in [0.5, 0.6) is 0 Å². The molecule has 0 atom stereocenters. The molecule has 1 amide bonds. The molecule has 0 radical (unpaired) electrons. The zero-order chi connectivity index (χ0) is 19.4. The molecule has 1 saturated heterocycles. The lowest BCUT2D eigenvalue weighted by Crippen LogP contribution is -2.20. The van der Waals surface area contributed by atoms with E-state index in [9.17, 15) is 13.2 Å². The lowest BCUT2D eigenvalue weighted by molar-refractivity contribution is -0.111. The second-order valence-electron chi connectivity index (χ2n) is 6.00. The van der Waals surface area contributed by atoms with Crippen molar-refractivity contribution in [2.75, 3.05) is 18.9 Å². The maximum Gasteiger partial charge on any atom is 0.284 e. The topological polar surface area (TPSA) is 78.8 Å². The average Bonchev–Trinajstić information content (AvgIpc) is 3.21. The number of hydrogen-bond donors (Lipinski definition) is 1. The molecule has 1 fully saturated rings. The monoisotopic (exact) mass is 467 g/mol. The van der Waals surface area contributed by atoms with E-state index in [0.717, 1.165) is 21.6 Å². The molecule has 9 heteroatoms. The number of thiophene rings is 1. The van der Waals surface area contributed by atoms with E-state index >= 15 is 0 Å². The third-order valence-corrected chi connectivity index (χ3v) is 6.84. The Kier molecular flexibility index (Phi) is 6.13. The number of rotatable bonds is 5. The number of nitrogens with one attached hydrogen (secondary N) is 1. The number of likely N-dealkylation sites (tertiary alicyclic amines) is 1. The molecule has 2 heterocycles. The van der Waals surface area contributed by atoms with Crippen molar-refractivity contribution in [3.8, 4) is 0 Å². The van der Waals surface area contributed by atoms with Crippen LogP contribution in [-0.2, 0) is 14.8 Å². The van der Waals surface area contributed by atoms with Gasteiger partial charge in [-0.25, -0.2) is 0 Å². The number of amides is 1. The van der Waals surface area contributed by atoms with E-state index < -0.39 is 10.0 Å². The first-order valence-corrected chi connectivity index (χ1v) is 11.3. The molecule has 1 aliphatic heterocycles. The largest absolute Gasteiger partial charge is 0.362 e. The third kappa shape index (κ3) is 5.27. The van der Waals surface area contributed by atoms with Gasteiger partial charge in [-0.05, 0) is 58.8 Å². The minimum Gasteiger partial charge on any atom is -0.362 e. The number of hydrogen-bond acceptors (Lipinski definition) is 4. The zero-order valence-corrected chi connectivity index (χ0v) is 17.8. The van der Waals surface area contributed by atoms with E-state index in [-0.39, 0.29) is 10.8 Å². The summed E-state index contributed by atoms with van der Waals surface area (Å²) in [6.45, 7) is 0.803. The van der Waals surface area contributed by atoms with E-state index in [2.05, 4.69) is 25.6 Å². The predicted molar refractivity (Wildman–Crippen MR) is 113 cm³/mol. The number of anilines is 1. The highest BCUT2D eigenvalue weighted by atomic mass is 79.9. The Morgan fingerprint density at radius 1 is 1.33 bits per heavy atom. The van der Waals surface area contributed by atoms with E-state index in [1.54, 1.807) is 18.2 Å². The van der Waals surface area contributed by atoms with Crippen LogP contribution in [0.1, 0.15) is 17.7 Å². The Hall–Kier alpha value is -1.97. The Labute approximate surface area is 170 Å². The minimum absolute atomic E-state index is 0.0549. The fourth-order valence-electron chi connectivity index (χ4n) is 2.59. The van der Waals surface area contributed by atoms with Crippen LogP contribution in [0, 0.1) is 0 Å². The van der Waals surface area contributed by atoms with Crippen molar-refractivity contribution in [1.82, 2.24) is 4.90 Å². The summed E-state index contributed by atoms with van der Waals surface area (Å²) in [4.78, 5) is 14.9. The predicted octanol–water partition coefficient (Wildman–Crippen LogP) is 3.98. The van der Waals surface area contributed by atoms with Crippen LogP contribution in [0.3, 0.4) is 0 Å². The van der Waals surface area contributed by atoms with Gasteiger partial charge in [0.15, 0.2) is 0 Å². The number of sulfonamides is 1. The quantitative estimate of drug-likeness (QED) is 0.674. The van der Waals surface area contributed by atoms with Gasteiger partial charge in [0.2, 0.25) is 5.91 Å². The van der Waals surface area contributed by atoms with Crippen molar-refractivity contribution in [3.63, 3.8) is 0 Å². The summed E-state index contributed by atoms with van der Waals surface area (Å²) in [6.07, 6.45) is 4.66. The SMILES string of the molecule is CN1CCCC1=NS(=O)(=O)c1cccc(NC(=O)C=Cc2ccc(Br)s2)c1. The minimum atomic E-state index is -3.81. The van der Waals surface area contributed by atoms with Crippen LogP contribution in [0.2, 0.25) is 0 Å². The fraction of sp³-hybridized carbons (Fsp3) is 0.222. The number of amidine groups is 1. The molecule has 3 rings (SSSR count). The number of nitrogens with zero attached hydrogens (tertiary/aromatic N) is 2. The third-order valence-electron chi connectivity index (χ3n) is 3.95. The lowest BCUT2D eigenvalue weighted by atomic mass is 10.3. The van der Waals surface area contributed by atoms with Crippen molar-refractivity contribution in [1.29, 1.82) is 0 Å². The Bertz CT molecular complexity index is 1010. The molecular formula is C18H18BrN3O3S2. The van der Waals surface area contributed by atoms with Crippen molar-refractivity contribution in [3.05, 3.63) is 51.1 Å². The average molecular weight is 468 g/mol. The normalized spacial score (nSPS) is 16.4. The maximum atomic E-state index is 12.5. The highest BCUT2D eigenvalue weighted by Crippen LogP contribution is 2.23. The fourth-order valence-corrected chi connectivity index (χ4v) is 5.06. The van der Waals surface area contributed by atoms with Gasteiger partial charge < -0.3 is 10.2 Å². The van der Waals surface area contributed by atoms with Gasteiger partial charge in [-0.1, -0.05) is 6.07 Å². The van der Waals surface area contributed by atoms with Gasteiger partial charge in [-0.3, -0.25) is 4.79 Å². The van der Waals surface area contributed by atoms with E-state index in [4.69, 9.17) is 0 Å². The molecule has 142 valence electrons. The first-order chi connectivity index (χ1) is 12.8. The second kappa shape index (κ2) is 8.37. The number of benzene rings is 1. The second-order valence-corrected chi connectivity index (χ2v) is 10.1. The highest BCUT2D eigenvalue weighted by molar-refractivity contribution is 9.11. The van der Waals surface area contributed by atoms with Crippen LogP contribution in [0.15, 0.2) is 55.6 Å². The molecule has 1 aromatic heterocycles. The molecule has 1 aromatic carbocycles. The molecule has 0 saturated carbocycles. The molecule has 27 heavy (non-hydrogen) atoms. The molecule has 2 aromatic rings. The van der Waals surface area contributed by atoms with E-state index in [0.29, 0.717) is 17.9 Å². The van der Waals surface area contributed by atoms with Crippen LogP contribution in [-0.4, -0.2) is 38.7 Å². The number of carbonyl (C=O) groups excluding carboxylic acids is 1. The molecule has 0 unspecified atom stereocenters. The van der Waals surface area contributed by atoms with Crippen LogP contribution < -0.4 is 5.32 Å². The molecule has 0 aliphatic carbocycles. The van der Waals surface area contributed by atoms with Crippen LogP contribution >= 0.6 is 27.3 Å². The first-order valence-electron chi connectivity index (χ1n) is 8.23. The van der Waals surface area contributed by atoms with Gasteiger partial charge in [-0.2, -0.15) is 8.42 Å². The van der Waals surface area contributed by atoms with Gasteiger partial charge in [0.1, 0.15) is 5.84 Å². The Morgan fingerprint density at radius 3 is 2.81 bits per heavy atom. The Morgan fingerprint density at radius 2 is 2.15 bits per heavy atom. The summed E-state index contributed by atoms with van der Waals surface area (Å²) in [7, 11) is -1.98. The molecule has 1 aliphatic rings.